The smallest absolute Gasteiger partial charge is 0.258 e. The average Bonchev–Trinajstić information content (AvgIpc) is 3.27. The fraction of sp³-hybridized carbons (Fsp3) is 0. The molecule has 0 saturated heterocycles. The molecule has 0 aliphatic heterocycles. The van der Waals surface area contributed by atoms with Crippen LogP contribution in [0.2, 0.25) is 15.1 Å². The Hall–Kier alpha value is -2.96. The van der Waals surface area contributed by atoms with E-state index in [1.807, 2.05) is 41.8 Å². The third-order valence-electron chi connectivity index (χ3n) is 5.03. The number of carbonyl (C=O) groups is 1. The summed E-state index contributed by atoms with van der Waals surface area (Å²) < 4.78 is 0. The predicted octanol–water partition coefficient (Wildman–Crippen LogP) is 8.24. The van der Waals surface area contributed by atoms with Gasteiger partial charge in [0.05, 0.1) is 27.5 Å². The molecule has 33 heavy (non-hydrogen) atoms. The molecule has 0 fully saturated rings. The van der Waals surface area contributed by atoms with E-state index < -0.39 is 0 Å². The van der Waals surface area contributed by atoms with E-state index in [0.29, 0.717) is 42.5 Å². The van der Waals surface area contributed by atoms with Crippen LogP contribution in [0, 0.1) is 0 Å². The van der Waals surface area contributed by atoms with Crippen LogP contribution in [0.25, 0.3) is 33.4 Å². The molecule has 5 rings (SSSR count). The first-order valence-electron chi connectivity index (χ1n) is 9.86. The number of aromatic nitrogens is 2. The normalized spacial score (nSPS) is 11.0. The second kappa shape index (κ2) is 9.12. The number of hydrogen-bond donors (Lipinski definition) is 1. The zero-order chi connectivity index (χ0) is 22.9. The Morgan fingerprint density at radius 3 is 2.36 bits per heavy atom. The third-order valence-corrected chi connectivity index (χ3v) is 6.59. The van der Waals surface area contributed by atoms with Crippen LogP contribution in [0.1, 0.15) is 10.4 Å². The Morgan fingerprint density at radius 2 is 1.58 bits per heavy atom. The molecule has 0 aliphatic rings. The summed E-state index contributed by atoms with van der Waals surface area (Å²) in [4.78, 5) is 22.6. The molecule has 4 nitrogen and oxygen atoms in total. The maximum atomic E-state index is 13.3. The maximum absolute atomic E-state index is 13.3. The van der Waals surface area contributed by atoms with E-state index in [0.717, 1.165) is 16.6 Å². The van der Waals surface area contributed by atoms with Gasteiger partial charge in [0.2, 0.25) is 0 Å². The summed E-state index contributed by atoms with van der Waals surface area (Å²) in [6.07, 6.45) is 0. The molecule has 8 heteroatoms. The molecule has 0 spiro atoms. The number of amides is 1. The number of anilines is 1. The van der Waals surface area contributed by atoms with E-state index in [2.05, 4.69) is 10.3 Å². The van der Waals surface area contributed by atoms with E-state index in [4.69, 9.17) is 39.8 Å². The van der Waals surface area contributed by atoms with Gasteiger partial charge < -0.3 is 0 Å². The quantitative estimate of drug-likeness (QED) is 0.265. The summed E-state index contributed by atoms with van der Waals surface area (Å²) >= 11 is 19.8. The van der Waals surface area contributed by atoms with E-state index in [-0.39, 0.29) is 5.91 Å². The van der Waals surface area contributed by atoms with Crippen molar-refractivity contribution < 1.29 is 4.79 Å². The highest BCUT2D eigenvalue weighted by atomic mass is 35.5. The second-order valence-corrected chi connectivity index (χ2v) is 9.33. The van der Waals surface area contributed by atoms with Gasteiger partial charge >= 0.3 is 0 Å². The van der Waals surface area contributed by atoms with Crippen LogP contribution >= 0.6 is 46.1 Å². The van der Waals surface area contributed by atoms with Gasteiger partial charge in [-0.05, 0) is 42.5 Å². The van der Waals surface area contributed by atoms with Crippen LogP contribution in [0.15, 0.2) is 78.2 Å². The van der Waals surface area contributed by atoms with E-state index in [9.17, 15) is 4.79 Å². The van der Waals surface area contributed by atoms with Gasteiger partial charge in [0.1, 0.15) is 0 Å². The maximum Gasteiger partial charge on any atom is 0.258 e. The van der Waals surface area contributed by atoms with Crippen LogP contribution in [-0.4, -0.2) is 15.9 Å². The summed E-state index contributed by atoms with van der Waals surface area (Å²) in [5.74, 6) is -0.281. The topological polar surface area (TPSA) is 54.9 Å². The summed E-state index contributed by atoms with van der Waals surface area (Å²) in [7, 11) is 0. The number of nitrogens with zero attached hydrogens (tertiary/aromatic N) is 2. The largest absolute Gasteiger partial charge is 0.298 e. The van der Waals surface area contributed by atoms with Gasteiger partial charge in [-0.2, -0.15) is 0 Å². The average molecular weight is 511 g/mol. The van der Waals surface area contributed by atoms with Gasteiger partial charge in [0.15, 0.2) is 5.13 Å². The molecule has 3 aromatic carbocycles. The lowest BCUT2D eigenvalue weighted by Gasteiger charge is -2.11. The van der Waals surface area contributed by atoms with E-state index in [1.54, 1.807) is 36.4 Å². The lowest BCUT2D eigenvalue weighted by Crippen LogP contribution is -2.13. The minimum absolute atomic E-state index is 0.281. The number of carbonyl (C=O) groups excluding carboxylic acids is 1. The molecule has 0 radical (unpaired) electrons. The molecule has 0 bridgehead atoms. The molecule has 1 amide bonds. The van der Waals surface area contributed by atoms with Gasteiger partial charge in [-0.1, -0.05) is 65.1 Å². The van der Waals surface area contributed by atoms with Gasteiger partial charge in [0, 0.05) is 31.9 Å². The highest BCUT2D eigenvalue weighted by molar-refractivity contribution is 7.14. The lowest BCUT2D eigenvalue weighted by atomic mass is 10.0. The van der Waals surface area contributed by atoms with E-state index >= 15 is 0 Å². The molecule has 0 aliphatic carbocycles. The number of pyridine rings is 1. The Labute approximate surface area is 208 Å². The SMILES string of the molecule is O=C(Nc1nc(-c2ccc(Cl)cc2)cs1)c1cc(-c2ccc(Cl)cc2Cl)nc2ccccc12. The highest BCUT2D eigenvalue weighted by Crippen LogP contribution is 2.32. The first kappa shape index (κ1) is 21.9. The van der Waals surface area contributed by atoms with Gasteiger partial charge in [-0.3, -0.25) is 10.1 Å². The minimum Gasteiger partial charge on any atom is -0.298 e. The number of rotatable bonds is 4. The minimum atomic E-state index is -0.281. The summed E-state index contributed by atoms with van der Waals surface area (Å²) in [5, 5.41) is 7.69. The van der Waals surface area contributed by atoms with Gasteiger partial charge in [-0.25, -0.2) is 9.97 Å². The number of thiazole rings is 1. The second-order valence-electron chi connectivity index (χ2n) is 7.20. The predicted molar refractivity (Wildman–Crippen MR) is 138 cm³/mol. The number of hydrogen-bond acceptors (Lipinski definition) is 4. The summed E-state index contributed by atoms with van der Waals surface area (Å²) in [5.41, 5.74) is 4.13. The first-order chi connectivity index (χ1) is 16.0. The molecule has 0 atom stereocenters. The van der Waals surface area contributed by atoms with Crippen LogP contribution in [-0.2, 0) is 0 Å². The Bertz CT molecular complexity index is 1500. The molecule has 0 saturated carbocycles. The fourth-order valence-electron chi connectivity index (χ4n) is 3.45. The van der Waals surface area contributed by atoms with Crippen LogP contribution < -0.4 is 5.32 Å². The summed E-state index contributed by atoms with van der Waals surface area (Å²) in [6.45, 7) is 0. The molecule has 0 unspecified atom stereocenters. The number of fused-ring (bicyclic) bond motifs is 1. The van der Waals surface area contributed by atoms with Crippen LogP contribution in [0.4, 0.5) is 5.13 Å². The van der Waals surface area contributed by atoms with Crippen LogP contribution in [0.5, 0.6) is 0 Å². The zero-order valence-electron chi connectivity index (χ0n) is 16.9. The molecule has 2 aromatic heterocycles. The van der Waals surface area contributed by atoms with Gasteiger partial charge in [-0.15, -0.1) is 11.3 Å². The van der Waals surface area contributed by atoms with Crippen molar-refractivity contribution in [2.45, 2.75) is 0 Å². The van der Waals surface area contributed by atoms with E-state index in [1.165, 1.54) is 11.3 Å². The first-order valence-corrected chi connectivity index (χ1v) is 11.9. The number of para-hydroxylation sites is 1. The summed E-state index contributed by atoms with van der Waals surface area (Å²) in [6, 6.07) is 21.8. The van der Waals surface area contributed by atoms with Crippen molar-refractivity contribution >= 4 is 68.1 Å². The zero-order valence-corrected chi connectivity index (χ0v) is 19.9. The van der Waals surface area contributed by atoms with Crippen molar-refractivity contribution in [1.29, 1.82) is 0 Å². The number of benzene rings is 3. The van der Waals surface area contributed by atoms with Gasteiger partial charge in [0.25, 0.3) is 5.91 Å². The van der Waals surface area contributed by atoms with Crippen molar-refractivity contribution in [2.24, 2.45) is 0 Å². The molecule has 162 valence electrons. The molecule has 2 heterocycles. The Morgan fingerprint density at radius 1 is 0.818 bits per heavy atom. The van der Waals surface area contributed by atoms with Crippen molar-refractivity contribution in [3.63, 3.8) is 0 Å². The highest BCUT2D eigenvalue weighted by Gasteiger charge is 2.17. The molecular weight excluding hydrogens is 497 g/mol. The Balaban J connectivity index is 1.51. The van der Waals surface area contributed by atoms with Crippen molar-refractivity contribution in [3.05, 3.63) is 98.8 Å². The standard InChI is InChI=1S/C25H14Cl3N3OS/c26-15-7-5-14(6-8-15)23-13-33-25(30-23)31-24(32)19-12-22(18-10-9-16(27)11-20(18)28)29-21-4-2-1-3-17(19)21/h1-13H,(H,30,31,32). The lowest BCUT2D eigenvalue weighted by molar-refractivity contribution is 0.102. The Kier molecular flexibility index (Phi) is 6.04. The van der Waals surface area contributed by atoms with Crippen molar-refractivity contribution in [1.82, 2.24) is 9.97 Å². The number of nitrogens with one attached hydrogen (secondary N) is 1. The molecular formula is C25H14Cl3N3OS. The van der Waals surface area contributed by atoms with Crippen molar-refractivity contribution in [2.75, 3.05) is 5.32 Å². The molecule has 1 N–H and O–H groups in total. The van der Waals surface area contributed by atoms with Crippen molar-refractivity contribution in [3.8, 4) is 22.5 Å². The van der Waals surface area contributed by atoms with Crippen LogP contribution in [0.3, 0.4) is 0 Å². The number of halogens is 3. The fourth-order valence-corrected chi connectivity index (χ4v) is 4.79. The molecule has 5 aromatic rings. The third kappa shape index (κ3) is 4.59. The monoisotopic (exact) mass is 509 g/mol.